The van der Waals surface area contributed by atoms with Crippen molar-refractivity contribution in [2.45, 2.75) is 70.1 Å². The zero-order chi connectivity index (χ0) is 14.8. The summed E-state index contributed by atoms with van der Waals surface area (Å²) in [7, 11) is 0. The van der Waals surface area contributed by atoms with Gasteiger partial charge in [0.25, 0.3) is 0 Å². The Morgan fingerprint density at radius 2 is 1.95 bits per heavy atom. The van der Waals surface area contributed by atoms with E-state index in [9.17, 15) is 9.90 Å². The highest BCUT2D eigenvalue weighted by Crippen LogP contribution is 2.57. The second-order valence-electron chi connectivity index (χ2n) is 8.47. The first-order valence-electron chi connectivity index (χ1n) is 8.63. The van der Waals surface area contributed by atoms with Gasteiger partial charge in [0, 0.05) is 6.04 Å². The van der Waals surface area contributed by atoms with Crippen LogP contribution in [0.4, 0.5) is 4.79 Å². The maximum Gasteiger partial charge on any atom is 0.410 e. The second kappa shape index (κ2) is 4.61. The molecule has 1 aliphatic heterocycles. The third kappa shape index (κ3) is 2.26. The lowest BCUT2D eigenvalue weighted by Gasteiger charge is -2.59. The Labute approximate surface area is 126 Å². The molecule has 0 aromatic heterocycles. The van der Waals surface area contributed by atoms with Crippen molar-refractivity contribution < 1.29 is 14.6 Å². The van der Waals surface area contributed by atoms with E-state index in [2.05, 4.69) is 13.8 Å². The van der Waals surface area contributed by atoms with Gasteiger partial charge in [-0.15, -0.1) is 0 Å². The third-order valence-electron chi connectivity index (χ3n) is 6.19. The van der Waals surface area contributed by atoms with E-state index in [1.165, 1.54) is 12.8 Å². The van der Waals surface area contributed by atoms with Crippen LogP contribution in [0.1, 0.15) is 52.4 Å². The fourth-order valence-electron chi connectivity index (χ4n) is 5.90. The summed E-state index contributed by atoms with van der Waals surface area (Å²) < 4.78 is 5.59. The predicted octanol–water partition coefficient (Wildman–Crippen LogP) is 2.79. The van der Waals surface area contributed by atoms with Gasteiger partial charge in [-0.05, 0) is 62.2 Å². The number of nitrogens with zero attached hydrogens (tertiary/aromatic N) is 1. The summed E-state index contributed by atoms with van der Waals surface area (Å²) in [6, 6.07) is 0.325. The number of carbonyl (C=O) groups is 1. The molecule has 1 amide bonds. The van der Waals surface area contributed by atoms with E-state index in [0.717, 1.165) is 32.2 Å². The molecule has 0 aromatic rings. The lowest BCUT2D eigenvalue weighted by Crippen LogP contribution is -2.61. The smallest absolute Gasteiger partial charge is 0.410 e. The molecule has 2 unspecified atom stereocenters. The van der Waals surface area contributed by atoms with Crippen LogP contribution in [-0.4, -0.2) is 40.4 Å². The first-order chi connectivity index (χ1) is 9.93. The molecule has 4 saturated carbocycles. The molecule has 0 radical (unpaired) electrons. The molecule has 1 saturated heterocycles. The molecule has 5 fully saturated rings. The Kier molecular flexibility index (Phi) is 3.04. The van der Waals surface area contributed by atoms with E-state index in [0.29, 0.717) is 29.7 Å². The van der Waals surface area contributed by atoms with Crippen molar-refractivity contribution in [2.24, 2.45) is 23.7 Å². The van der Waals surface area contributed by atoms with Gasteiger partial charge >= 0.3 is 6.09 Å². The average Bonchev–Trinajstić information content (AvgIpc) is 2.66. The van der Waals surface area contributed by atoms with E-state index in [1.54, 1.807) is 0 Å². The van der Waals surface area contributed by atoms with E-state index >= 15 is 0 Å². The molecule has 118 valence electrons. The number of aliphatic hydroxyl groups is 1. The van der Waals surface area contributed by atoms with Crippen molar-refractivity contribution in [3.63, 3.8) is 0 Å². The van der Waals surface area contributed by atoms with Gasteiger partial charge in [-0.3, -0.25) is 0 Å². The fraction of sp³-hybridized carbons (Fsp3) is 0.941. The minimum atomic E-state index is -0.423. The van der Waals surface area contributed by atoms with Crippen molar-refractivity contribution in [3.05, 3.63) is 0 Å². The normalized spacial score (nSPS) is 48.3. The van der Waals surface area contributed by atoms with Crippen molar-refractivity contribution in [2.75, 3.05) is 6.54 Å². The zero-order valence-electron chi connectivity index (χ0n) is 13.1. The van der Waals surface area contributed by atoms with Crippen LogP contribution in [0.25, 0.3) is 0 Å². The maximum absolute atomic E-state index is 12.3. The van der Waals surface area contributed by atoms with Gasteiger partial charge in [-0.1, -0.05) is 13.8 Å². The Morgan fingerprint density at radius 1 is 1.29 bits per heavy atom. The van der Waals surface area contributed by atoms with Crippen LogP contribution in [0, 0.1) is 23.7 Å². The van der Waals surface area contributed by atoms with Gasteiger partial charge in [0.2, 0.25) is 0 Å². The summed E-state index contributed by atoms with van der Waals surface area (Å²) in [4.78, 5) is 14.3. The van der Waals surface area contributed by atoms with Gasteiger partial charge in [0.15, 0.2) is 0 Å². The Balaban J connectivity index is 1.51. The molecular weight excluding hydrogens is 266 g/mol. The van der Waals surface area contributed by atoms with E-state index < -0.39 is 5.60 Å². The monoisotopic (exact) mass is 293 g/mol. The Bertz CT molecular complexity index is 433. The lowest BCUT2D eigenvalue weighted by atomic mass is 9.52. The first-order valence-corrected chi connectivity index (χ1v) is 8.63. The SMILES string of the molecule is CC(C)C[C@H]1CN(C2C3CC4CC2CC(O)(C4)C3)C(=O)O1. The van der Waals surface area contributed by atoms with Crippen LogP contribution >= 0.6 is 0 Å². The van der Waals surface area contributed by atoms with E-state index in [-0.39, 0.29) is 12.2 Å². The highest BCUT2D eigenvalue weighted by atomic mass is 16.6. The number of rotatable bonds is 3. The van der Waals surface area contributed by atoms with Crippen molar-refractivity contribution in [1.82, 2.24) is 4.90 Å². The van der Waals surface area contributed by atoms with E-state index in [4.69, 9.17) is 4.74 Å². The predicted molar refractivity (Wildman–Crippen MR) is 78.7 cm³/mol. The standard InChI is InChI=1S/C17H27NO3/c1-10(2)3-14-9-18(16(19)21-14)15-12-4-11-5-13(15)8-17(20,6-11)7-12/h10-15,20H,3-9H2,1-2H3/t11?,12?,13?,14-,15?,17?/m0/s1. The molecular formula is C17H27NO3. The van der Waals surface area contributed by atoms with Crippen LogP contribution in [0.3, 0.4) is 0 Å². The minimum Gasteiger partial charge on any atom is -0.444 e. The maximum atomic E-state index is 12.3. The number of amides is 1. The molecule has 0 spiro atoms. The summed E-state index contributed by atoms with van der Waals surface area (Å²) in [6.07, 6.45) is 6.09. The summed E-state index contributed by atoms with van der Waals surface area (Å²) in [6.45, 7) is 5.11. The zero-order valence-corrected chi connectivity index (χ0v) is 13.1. The highest BCUT2D eigenvalue weighted by Gasteiger charge is 2.57. The molecule has 1 N–H and O–H groups in total. The van der Waals surface area contributed by atoms with Gasteiger partial charge < -0.3 is 14.7 Å². The number of ether oxygens (including phenoxy) is 1. The van der Waals surface area contributed by atoms with Crippen LogP contribution in [0.5, 0.6) is 0 Å². The summed E-state index contributed by atoms with van der Waals surface area (Å²) in [5, 5.41) is 10.7. The number of cyclic esters (lactones) is 1. The van der Waals surface area contributed by atoms with Crippen LogP contribution in [0.15, 0.2) is 0 Å². The second-order valence-corrected chi connectivity index (χ2v) is 8.47. The van der Waals surface area contributed by atoms with Crippen LogP contribution in [-0.2, 0) is 4.74 Å². The number of carbonyl (C=O) groups excluding carboxylic acids is 1. The summed E-state index contributed by atoms with van der Waals surface area (Å²) in [5.74, 6) is 2.23. The van der Waals surface area contributed by atoms with Crippen LogP contribution in [0.2, 0.25) is 0 Å². The molecule has 5 rings (SSSR count). The molecule has 5 aliphatic rings. The first kappa shape index (κ1) is 13.9. The molecule has 3 atom stereocenters. The van der Waals surface area contributed by atoms with Crippen molar-refractivity contribution >= 4 is 6.09 Å². The minimum absolute atomic E-state index is 0.0674. The van der Waals surface area contributed by atoms with Crippen molar-refractivity contribution in [3.8, 4) is 0 Å². The number of hydrogen-bond donors (Lipinski definition) is 1. The average molecular weight is 293 g/mol. The Morgan fingerprint density at radius 3 is 2.52 bits per heavy atom. The molecule has 4 aliphatic carbocycles. The molecule has 4 heteroatoms. The molecule has 4 bridgehead atoms. The summed E-state index contributed by atoms with van der Waals surface area (Å²) in [5.41, 5.74) is -0.423. The van der Waals surface area contributed by atoms with Gasteiger partial charge in [0.1, 0.15) is 6.10 Å². The lowest BCUT2D eigenvalue weighted by molar-refractivity contribution is -0.152. The number of hydrogen-bond acceptors (Lipinski definition) is 3. The van der Waals surface area contributed by atoms with Gasteiger partial charge in [-0.2, -0.15) is 0 Å². The fourth-order valence-corrected chi connectivity index (χ4v) is 5.90. The molecule has 0 aromatic carbocycles. The summed E-state index contributed by atoms with van der Waals surface area (Å²) >= 11 is 0. The largest absolute Gasteiger partial charge is 0.444 e. The molecule has 4 nitrogen and oxygen atoms in total. The third-order valence-corrected chi connectivity index (χ3v) is 6.19. The van der Waals surface area contributed by atoms with Gasteiger partial charge in [0.05, 0.1) is 12.1 Å². The highest BCUT2D eigenvalue weighted by molar-refractivity contribution is 5.70. The van der Waals surface area contributed by atoms with E-state index in [1.807, 2.05) is 4.90 Å². The van der Waals surface area contributed by atoms with Gasteiger partial charge in [-0.25, -0.2) is 4.79 Å². The Hall–Kier alpha value is -0.770. The molecule has 21 heavy (non-hydrogen) atoms. The molecule has 1 heterocycles. The van der Waals surface area contributed by atoms with Crippen molar-refractivity contribution in [1.29, 1.82) is 0 Å². The quantitative estimate of drug-likeness (QED) is 0.870. The van der Waals surface area contributed by atoms with Crippen LogP contribution < -0.4 is 0 Å². The topological polar surface area (TPSA) is 49.8 Å².